The molecule has 2 aromatic rings. The van der Waals surface area contributed by atoms with Gasteiger partial charge in [-0.25, -0.2) is 8.78 Å². The molecule has 0 radical (unpaired) electrons. The van der Waals surface area contributed by atoms with E-state index in [4.69, 9.17) is 11.6 Å². The van der Waals surface area contributed by atoms with E-state index in [2.05, 4.69) is 10.6 Å². The number of carbonyl (C=O) groups excluding carboxylic acids is 2. The summed E-state index contributed by atoms with van der Waals surface area (Å²) in [5, 5.41) is 6.20. The molecular weight excluding hydrogens is 410 g/mol. The van der Waals surface area contributed by atoms with Crippen LogP contribution in [0.2, 0.25) is 5.02 Å². The zero-order valence-corrected chi connectivity index (χ0v) is 16.9. The first-order valence-corrected chi connectivity index (χ1v) is 9.99. The molecule has 0 saturated carbocycles. The van der Waals surface area contributed by atoms with Gasteiger partial charge in [0.2, 0.25) is 0 Å². The Morgan fingerprint density at radius 1 is 1.17 bits per heavy atom. The minimum Gasteiger partial charge on any atom is -0.362 e. The number of rotatable bonds is 3. The van der Waals surface area contributed by atoms with E-state index in [0.29, 0.717) is 46.3 Å². The molecule has 1 aliphatic carbocycles. The minimum absolute atomic E-state index is 0.0283. The zero-order chi connectivity index (χ0) is 21.4. The summed E-state index contributed by atoms with van der Waals surface area (Å²) >= 11 is 6.19. The van der Waals surface area contributed by atoms with Crippen LogP contribution < -0.4 is 10.6 Å². The molecule has 0 bridgehead atoms. The summed E-state index contributed by atoms with van der Waals surface area (Å²) in [6.07, 6.45) is 1.84. The van der Waals surface area contributed by atoms with Crippen LogP contribution in [-0.2, 0) is 9.59 Å². The molecule has 30 heavy (non-hydrogen) atoms. The molecule has 7 heteroatoms. The Labute approximate surface area is 177 Å². The third kappa shape index (κ3) is 3.75. The Morgan fingerprint density at radius 2 is 1.97 bits per heavy atom. The van der Waals surface area contributed by atoms with Gasteiger partial charge in [-0.05, 0) is 49.6 Å². The number of halogens is 3. The van der Waals surface area contributed by atoms with Crippen LogP contribution in [0.15, 0.2) is 65.0 Å². The quantitative estimate of drug-likeness (QED) is 0.704. The van der Waals surface area contributed by atoms with Gasteiger partial charge in [0.1, 0.15) is 11.6 Å². The molecule has 154 valence electrons. The number of ketones is 1. The van der Waals surface area contributed by atoms with Crippen LogP contribution in [0.3, 0.4) is 0 Å². The highest BCUT2D eigenvalue weighted by Crippen LogP contribution is 2.43. The van der Waals surface area contributed by atoms with E-state index in [1.807, 2.05) is 6.07 Å². The lowest BCUT2D eigenvalue weighted by Crippen LogP contribution is -2.35. The Balaban J connectivity index is 1.79. The highest BCUT2D eigenvalue weighted by atomic mass is 35.5. The topological polar surface area (TPSA) is 58.2 Å². The molecule has 2 aromatic carbocycles. The van der Waals surface area contributed by atoms with Crippen LogP contribution in [-0.4, -0.2) is 11.7 Å². The molecule has 0 unspecified atom stereocenters. The molecule has 1 amide bonds. The predicted octanol–water partition coefficient (Wildman–Crippen LogP) is 5.22. The lowest BCUT2D eigenvalue weighted by atomic mass is 9.75. The fourth-order valence-electron chi connectivity index (χ4n) is 4.08. The van der Waals surface area contributed by atoms with Gasteiger partial charge in [-0.3, -0.25) is 9.59 Å². The smallest absolute Gasteiger partial charge is 0.254 e. The molecule has 0 fully saturated rings. The zero-order valence-electron chi connectivity index (χ0n) is 16.2. The van der Waals surface area contributed by atoms with E-state index in [9.17, 15) is 18.4 Å². The van der Waals surface area contributed by atoms with Gasteiger partial charge >= 0.3 is 0 Å². The molecule has 1 heterocycles. The summed E-state index contributed by atoms with van der Waals surface area (Å²) in [4.78, 5) is 26.1. The molecule has 0 saturated heterocycles. The second-order valence-electron chi connectivity index (χ2n) is 7.40. The first-order valence-electron chi connectivity index (χ1n) is 9.61. The largest absolute Gasteiger partial charge is 0.362 e. The number of hydrogen-bond donors (Lipinski definition) is 2. The Kier molecular flexibility index (Phi) is 5.43. The molecule has 0 spiro atoms. The number of carbonyl (C=O) groups is 2. The van der Waals surface area contributed by atoms with Crippen molar-refractivity contribution in [2.45, 2.75) is 32.1 Å². The lowest BCUT2D eigenvalue weighted by molar-refractivity contribution is -0.116. The van der Waals surface area contributed by atoms with Crippen LogP contribution in [0.4, 0.5) is 14.5 Å². The third-order valence-corrected chi connectivity index (χ3v) is 5.62. The van der Waals surface area contributed by atoms with Crippen LogP contribution >= 0.6 is 11.6 Å². The standard InChI is InChI=1S/C23H19ClF2N2O2/c1-12-20(23(30)28-17-9-8-15(25)11-16(17)26)21(13-4-2-5-14(24)10-13)22-18(27-12)6-3-7-19(22)29/h2,4-5,8-11,21,27H,3,6-7H2,1H3,(H,28,30)/t21-/m1/s1. The van der Waals surface area contributed by atoms with Crippen molar-refractivity contribution in [1.82, 2.24) is 5.32 Å². The van der Waals surface area contributed by atoms with E-state index < -0.39 is 23.5 Å². The van der Waals surface area contributed by atoms with Gasteiger partial charge in [-0.1, -0.05) is 23.7 Å². The van der Waals surface area contributed by atoms with Gasteiger partial charge in [0.25, 0.3) is 5.91 Å². The number of allylic oxidation sites excluding steroid dienone is 3. The maximum atomic E-state index is 14.1. The van der Waals surface area contributed by atoms with E-state index >= 15 is 0 Å². The SMILES string of the molecule is CC1=C(C(=O)Nc2ccc(F)cc2F)[C@@H](c2cccc(Cl)c2)C2=C(CCCC2=O)N1. The molecule has 0 aromatic heterocycles. The first-order chi connectivity index (χ1) is 14.3. The fraction of sp³-hybridized carbons (Fsp3) is 0.217. The highest BCUT2D eigenvalue weighted by molar-refractivity contribution is 6.30. The average molecular weight is 429 g/mol. The van der Waals surface area contributed by atoms with E-state index in [0.717, 1.165) is 18.2 Å². The monoisotopic (exact) mass is 428 g/mol. The van der Waals surface area contributed by atoms with Gasteiger partial charge in [-0.2, -0.15) is 0 Å². The van der Waals surface area contributed by atoms with E-state index in [-0.39, 0.29) is 11.5 Å². The second-order valence-corrected chi connectivity index (χ2v) is 7.84. The molecule has 1 aliphatic heterocycles. The summed E-state index contributed by atoms with van der Waals surface area (Å²) in [5.41, 5.74) is 2.79. The Morgan fingerprint density at radius 3 is 2.70 bits per heavy atom. The number of amides is 1. The number of dihydropyridines is 1. The highest BCUT2D eigenvalue weighted by Gasteiger charge is 2.38. The second kappa shape index (κ2) is 8.03. The fourth-order valence-corrected chi connectivity index (χ4v) is 4.28. The summed E-state index contributed by atoms with van der Waals surface area (Å²) in [6.45, 7) is 1.75. The number of nitrogens with one attached hydrogen (secondary N) is 2. The van der Waals surface area contributed by atoms with Crippen LogP contribution in [0.1, 0.15) is 37.7 Å². The van der Waals surface area contributed by atoms with Crippen LogP contribution in [0.25, 0.3) is 0 Å². The summed E-state index contributed by atoms with van der Waals surface area (Å²) in [7, 11) is 0. The van der Waals surface area contributed by atoms with Crippen molar-refractivity contribution in [3.8, 4) is 0 Å². The molecule has 1 atom stereocenters. The van der Waals surface area contributed by atoms with Crippen molar-refractivity contribution in [2.75, 3.05) is 5.32 Å². The van der Waals surface area contributed by atoms with Crippen molar-refractivity contribution in [3.05, 3.63) is 87.2 Å². The summed E-state index contributed by atoms with van der Waals surface area (Å²) in [6, 6.07) is 9.95. The Hall–Kier alpha value is -2.99. The van der Waals surface area contributed by atoms with Crippen LogP contribution in [0, 0.1) is 11.6 Å². The number of benzene rings is 2. The van der Waals surface area contributed by atoms with Crippen molar-refractivity contribution in [3.63, 3.8) is 0 Å². The van der Waals surface area contributed by atoms with Gasteiger partial charge in [0, 0.05) is 46.0 Å². The van der Waals surface area contributed by atoms with Crippen molar-refractivity contribution < 1.29 is 18.4 Å². The maximum Gasteiger partial charge on any atom is 0.254 e. The van der Waals surface area contributed by atoms with Crippen molar-refractivity contribution in [2.24, 2.45) is 0 Å². The molecule has 2 aliphatic rings. The average Bonchev–Trinajstić information content (AvgIpc) is 2.69. The Bertz CT molecular complexity index is 1120. The van der Waals surface area contributed by atoms with Crippen molar-refractivity contribution >= 4 is 29.0 Å². The lowest BCUT2D eigenvalue weighted by Gasteiger charge is -2.34. The van der Waals surface area contributed by atoms with E-state index in [1.54, 1.807) is 25.1 Å². The summed E-state index contributed by atoms with van der Waals surface area (Å²) in [5.74, 6) is -2.84. The van der Waals surface area contributed by atoms with E-state index in [1.165, 1.54) is 6.07 Å². The normalized spacial score (nSPS) is 18.8. The number of anilines is 1. The predicted molar refractivity (Wildman–Crippen MR) is 111 cm³/mol. The van der Waals surface area contributed by atoms with Gasteiger partial charge in [0.15, 0.2) is 5.78 Å². The molecule has 4 rings (SSSR count). The first kappa shape index (κ1) is 20.3. The molecule has 4 nitrogen and oxygen atoms in total. The summed E-state index contributed by atoms with van der Waals surface area (Å²) < 4.78 is 27.3. The molecular formula is C23H19ClF2N2O2. The van der Waals surface area contributed by atoms with Gasteiger partial charge in [0.05, 0.1) is 5.69 Å². The van der Waals surface area contributed by atoms with Gasteiger partial charge < -0.3 is 10.6 Å². The van der Waals surface area contributed by atoms with Crippen molar-refractivity contribution in [1.29, 1.82) is 0 Å². The molecule has 2 N–H and O–H groups in total. The number of hydrogen-bond acceptors (Lipinski definition) is 3. The third-order valence-electron chi connectivity index (χ3n) is 5.38. The minimum atomic E-state index is -0.877. The number of Topliss-reactive ketones (excluding diaryl/α,β-unsaturated/α-hetero) is 1. The van der Waals surface area contributed by atoms with Gasteiger partial charge in [-0.15, -0.1) is 0 Å². The van der Waals surface area contributed by atoms with Crippen LogP contribution in [0.5, 0.6) is 0 Å². The maximum absolute atomic E-state index is 14.1.